The van der Waals surface area contributed by atoms with Crippen LogP contribution < -0.4 is 14.5 Å². The second-order valence-corrected chi connectivity index (χ2v) is 9.11. The molecule has 0 aliphatic heterocycles. The third-order valence-corrected chi connectivity index (χ3v) is 5.76. The van der Waals surface area contributed by atoms with Crippen LogP contribution in [0.5, 0.6) is 5.75 Å². The minimum absolute atomic E-state index is 0.297. The van der Waals surface area contributed by atoms with E-state index in [1.165, 1.54) is 19.4 Å². The van der Waals surface area contributed by atoms with Crippen molar-refractivity contribution in [3.63, 3.8) is 0 Å². The van der Waals surface area contributed by atoms with Gasteiger partial charge in [0.1, 0.15) is 12.3 Å². The molecule has 0 heterocycles. The summed E-state index contributed by atoms with van der Waals surface area (Å²) in [5.74, 6) is -0.0272. The van der Waals surface area contributed by atoms with Crippen LogP contribution in [-0.2, 0) is 14.8 Å². The molecule has 10 heteroatoms. The minimum Gasteiger partial charge on any atom is -0.496 e. The molecular formula is C18H19BrClN3O4S. The SMILES string of the molecule is COc1ccc(Br)cc1/C=N\NC(=O)CN(c1ccc(C)c(Cl)c1)S(C)(=O)=O. The first-order valence-electron chi connectivity index (χ1n) is 8.01. The molecule has 0 spiro atoms. The predicted octanol–water partition coefficient (Wildman–Crippen LogP) is 3.34. The van der Waals surface area contributed by atoms with Crippen LogP contribution in [0.25, 0.3) is 0 Å². The molecule has 28 heavy (non-hydrogen) atoms. The fourth-order valence-corrected chi connectivity index (χ4v) is 3.68. The molecule has 0 aliphatic rings. The zero-order chi connectivity index (χ0) is 20.9. The highest BCUT2D eigenvalue weighted by molar-refractivity contribution is 9.10. The molecule has 1 N–H and O–H groups in total. The van der Waals surface area contributed by atoms with Gasteiger partial charge in [-0.2, -0.15) is 5.10 Å². The summed E-state index contributed by atoms with van der Waals surface area (Å²) in [6.07, 6.45) is 2.43. The summed E-state index contributed by atoms with van der Waals surface area (Å²) in [5.41, 5.74) is 4.06. The van der Waals surface area contributed by atoms with Crippen molar-refractivity contribution in [3.8, 4) is 5.75 Å². The van der Waals surface area contributed by atoms with Crippen LogP contribution in [0.2, 0.25) is 5.02 Å². The Labute approximate surface area is 177 Å². The maximum atomic E-state index is 12.2. The zero-order valence-corrected chi connectivity index (χ0v) is 18.6. The molecule has 0 unspecified atom stereocenters. The summed E-state index contributed by atoms with van der Waals surface area (Å²) in [4.78, 5) is 12.2. The number of aryl methyl sites for hydroxylation is 1. The Balaban J connectivity index is 2.14. The number of rotatable bonds is 7. The van der Waals surface area contributed by atoms with Gasteiger partial charge in [-0.25, -0.2) is 13.8 Å². The molecule has 1 amide bonds. The number of ether oxygens (including phenoxy) is 1. The van der Waals surface area contributed by atoms with Crippen molar-refractivity contribution in [1.82, 2.24) is 5.43 Å². The van der Waals surface area contributed by atoms with Gasteiger partial charge in [-0.15, -0.1) is 0 Å². The van der Waals surface area contributed by atoms with Crippen LogP contribution >= 0.6 is 27.5 Å². The highest BCUT2D eigenvalue weighted by Crippen LogP contribution is 2.25. The second-order valence-electron chi connectivity index (χ2n) is 5.88. The number of carbonyl (C=O) groups is 1. The number of halogens is 2. The van der Waals surface area contributed by atoms with Gasteiger partial charge in [-0.3, -0.25) is 9.10 Å². The molecular weight excluding hydrogens is 470 g/mol. The second kappa shape index (κ2) is 9.40. The molecule has 0 bridgehead atoms. The van der Waals surface area contributed by atoms with Crippen molar-refractivity contribution in [2.45, 2.75) is 6.92 Å². The third kappa shape index (κ3) is 5.95. The summed E-state index contributed by atoms with van der Waals surface area (Å²) in [6.45, 7) is 1.36. The number of hydrogen-bond donors (Lipinski definition) is 1. The van der Waals surface area contributed by atoms with Crippen LogP contribution in [0.15, 0.2) is 46.0 Å². The van der Waals surface area contributed by atoms with Crippen LogP contribution in [0.1, 0.15) is 11.1 Å². The lowest BCUT2D eigenvalue weighted by Gasteiger charge is -2.21. The van der Waals surface area contributed by atoms with Crippen molar-refractivity contribution in [2.24, 2.45) is 5.10 Å². The Morgan fingerprint density at radius 3 is 2.64 bits per heavy atom. The normalized spacial score (nSPS) is 11.5. The first-order chi connectivity index (χ1) is 13.1. The number of nitrogens with zero attached hydrogens (tertiary/aromatic N) is 2. The number of anilines is 1. The van der Waals surface area contributed by atoms with Crippen molar-refractivity contribution < 1.29 is 17.9 Å². The first-order valence-corrected chi connectivity index (χ1v) is 11.0. The van der Waals surface area contributed by atoms with Crippen LogP contribution in [0.3, 0.4) is 0 Å². The van der Waals surface area contributed by atoms with Gasteiger partial charge in [-0.05, 0) is 42.8 Å². The van der Waals surface area contributed by atoms with Gasteiger partial charge in [-0.1, -0.05) is 33.6 Å². The van der Waals surface area contributed by atoms with Gasteiger partial charge in [0.15, 0.2) is 0 Å². The number of methoxy groups -OCH3 is 1. The standard InChI is InChI=1S/C18H19BrClN3O4S/c1-12-4-6-15(9-16(12)20)23(28(3,25)26)11-18(24)22-21-10-13-8-14(19)5-7-17(13)27-2/h4-10H,11H2,1-3H3,(H,22,24)/b21-10-. The van der Waals surface area contributed by atoms with Gasteiger partial charge in [0, 0.05) is 15.1 Å². The average Bonchev–Trinajstić information content (AvgIpc) is 2.61. The van der Waals surface area contributed by atoms with Crippen LogP contribution in [0.4, 0.5) is 5.69 Å². The molecule has 0 saturated heterocycles. The maximum Gasteiger partial charge on any atom is 0.260 e. The summed E-state index contributed by atoms with van der Waals surface area (Å²) in [6, 6.07) is 10.1. The van der Waals surface area contributed by atoms with Crippen LogP contribution in [0, 0.1) is 6.92 Å². The lowest BCUT2D eigenvalue weighted by atomic mass is 10.2. The first kappa shape index (κ1) is 22.2. The number of amides is 1. The molecule has 0 aliphatic carbocycles. The Morgan fingerprint density at radius 2 is 2.04 bits per heavy atom. The number of nitrogens with one attached hydrogen (secondary N) is 1. The number of carbonyl (C=O) groups excluding carboxylic acids is 1. The maximum absolute atomic E-state index is 12.2. The highest BCUT2D eigenvalue weighted by Gasteiger charge is 2.21. The molecule has 2 rings (SSSR count). The molecule has 2 aromatic rings. The Bertz CT molecular complexity index is 1010. The average molecular weight is 489 g/mol. The number of hydrogen-bond acceptors (Lipinski definition) is 5. The summed E-state index contributed by atoms with van der Waals surface area (Å²) in [7, 11) is -2.18. The number of benzene rings is 2. The van der Waals surface area contributed by atoms with E-state index >= 15 is 0 Å². The minimum atomic E-state index is -3.70. The van der Waals surface area contributed by atoms with E-state index in [0.29, 0.717) is 22.0 Å². The topological polar surface area (TPSA) is 88.1 Å². The largest absolute Gasteiger partial charge is 0.496 e. The monoisotopic (exact) mass is 487 g/mol. The third-order valence-electron chi connectivity index (χ3n) is 3.72. The Morgan fingerprint density at radius 1 is 1.32 bits per heavy atom. The summed E-state index contributed by atoms with van der Waals surface area (Å²) >= 11 is 9.42. The van der Waals surface area contributed by atoms with Gasteiger partial charge in [0.2, 0.25) is 10.0 Å². The lowest BCUT2D eigenvalue weighted by Crippen LogP contribution is -2.39. The predicted molar refractivity (Wildman–Crippen MR) is 115 cm³/mol. The van der Waals surface area contributed by atoms with Gasteiger partial charge >= 0.3 is 0 Å². The van der Waals surface area contributed by atoms with E-state index in [0.717, 1.165) is 20.6 Å². The van der Waals surface area contributed by atoms with Gasteiger partial charge in [0.25, 0.3) is 5.91 Å². The van der Waals surface area contributed by atoms with Crippen LogP contribution in [-0.4, -0.2) is 40.4 Å². The van der Waals surface area contributed by atoms with Crippen molar-refractivity contribution in [1.29, 1.82) is 0 Å². The lowest BCUT2D eigenvalue weighted by molar-refractivity contribution is -0.119. The zero-order valence-electron chi connectivity index (χ0n) is 15.4. The fourth-order valence-electron chi connectivity index (χ4n) is 2.28. The quantitative estimate of drug-likeness (QED) is 0.478. The van der Waals surface area contributed by atoms with Crippen molar-refractivity contribution in [2.75, 3.05) is 24.2 Å². The number of hydrazone groups is 1. The van der Waals surface area contributed by atoms with E-state index in [4.69, 9.17) is 16.3 Å². The molecule has 0 aromatic heterocycles. The molecule has 0 atom stereocenters. The highest BCUT2D eigenvalue weighted by atomic mass is 79.9. The Kier molecular flexibility index (Phi) is 7.45. The Hall–Kier alpha value is -2.10. The van der Waals surface area contributed by atoms with E-state index in [-0.39, 0.29) is 0 Å². The van der Waals surface area contributed by atoms with E-state index in [9.17, 15) is 13.2 Å². The molecule has 150 valence electrons. The van der Waals surface area contributed by atoms with Gasteiger partial charge in [0.05, 0.1) is 25.3 Å². The fraction of sp³-hybridized carbons (Fsp3) is 0.222. The molecule has 0 radical (unpaired) electrons. The molecule has 7 nitrogen and oxygen atoms in total. The van der Waals surface area contributed by atoms with E-state index in [1.807, 2.05) is 6.07 Å². The molecule has 2 aromatic carbocycles. The number of sulfonamides is 1. The van der Waals surface area contributed by atoms with Crippen molar-refractivity contribution >= 4 is 55.4 Å². The van der Waals surface area contributed by atoms with Crippen molar-refractivity contribution in [3.05, 3.63) is 57.0 Å². The van der Waals surface area contributed by atoms with Gasteiger partial charge < -0.3 is 4.74 Å². The van der Waals surface area contributed by atoms with E-state index in [2.05, 4.69) is 26.5 Å². The summed E-state index contributed by atoms with van der Waals surface area (Å²) in [5, 5.41) is 4.29. The summed E-state index contributed by atoms with van der Waals surface area (Å²) < 4.78 is 31.2. The van der Waals surface area contributed by atoms with E-state index < -0.39 is 22.5 Å². The molecule has 0 fully saturated rings. The van der Waals surface area contributed by atoms with E-state index in [1.54, 1.807) is 31.2 Å². The smallest absolute Gasteiger partial charge is 0.260 e. The molecule has 0 saturated carbocycles.